The Kier molecular flexibility index (Phi) is 5.21. The molecule has 7 nitrogen and oxygen atoms in total. The average Bonchev–Trinajstić information content (AvgIpc) is 3.00. The van der Waals surface area contributed by atoms with E-state index in [1.807, 2.05) is 0 Å². The van der Waals surface area contributed by atoms with Crippen LogP contribution in [0.25, 0.3) is 6.08 Å². The Labute approximate surface area is 135 Å². The van der Waals surface area contributed by atoms with E-state index in [0.717, 1.165) is 0 Å². The highest BCUT2D eigenvalue weighted by Crippen LogP contribution is 2.23. The van der Waals surface area contributed by atoms with Crippen LogP contribution in [0.3, 0.4) is 0 Å². The van der Waals surface area contributed by atoms with Gasteiger partial charge in [0.2, 0.25) is 5.91 Å². The molecule has 0 spiro atoms. The Morgan fingerprint density at radius 1 is 1.26 bits per heavy atom. The van der Waals surface area contributed by atoms with Crippen LogP contribution >= 0.6 is 11.3 Å². The molecule has 118 valence electrons. The third-order valence-corrected chi connectivity index (χ3v) is 3.72. The highest BCUT2D eigenvalue weighted by atomic mass is 32.1. The Bertz CT molecular complexity index is 764. The molecule has 0 aliphatic rings. The number of nitro groups is 1. The molecule has 0 saturated carbocycles. The van der Waals surface area contributed by atoms with Gasteiger partial charge in [0.25, 0.3) is 5.69 Å². The average molecular weight is 332 g/mol. The summed E-state index contributed by atoms with van der Waals surface area (Å²) in [5.41, 5.74) is 0.997. The number of non-ortho nitro benzene ring substituents is 1. The van der Waals surface area contributed by atoms with E-state index in [1.165, 1.54) is 54.9 Å². The van der Waals surface area contributed by atoms with Gasteiger partial charge in [-0.1, -0.05) is 0 Å². The fourth-order valence-corrected chi connectivity index (χ4v) is 2.48. The van der Waals surface area contributed by atoms with Gasteiger partial charge in [-0.3, -0.25) is 14.9 Å². The van der Waals surface area contributed by atoms with Gasteiger partial charge in [-0.2, -0.15) is 0 Å². The molecule has 1 amide bonds. The monoisotopic (exact) mass is 332 g/mol. The van der Waals surface area contributed by atoms with Crippen LogP contribution in [-0.2, 0) is 9.53 Å². The smallest absolute Gasteiger partial charge is 0.350 e. The van der Waals surface area contributed by atoms with Crippen molar-refractivity contribution in [3.05, 3.63) is 62.3 Å². The number of methoxy groups -OCH3 is 1. The van der Waals surface area contributed by atoms with Gasteiger partial charge in [0, 0.05) is 18.2 Å². The highest BCUT2D eigenvalue weighted by Gasteiger charge is 2.14. The number of benzene rings is 1. The molecule has 8 heteroatoms. The summed E-state index contributed by atoms with van der Waals surface area (Å²) in [6.07, 6.45) is 2.79. The van der Waals surface area contributed by atoms with Crippen LogP contribution in [0.2, 0.25) is 0 Å². The van der Waals surface area contributed by atoms with Crippen molar-refractivity contribution < 1.29 is 19.2 Å². The minimum absolute atomic E-state index is 0.0207. The summed E-state index contributed by atoms with van der Waals surface area (Å²) >= 11 is 1.17. The van der Waals surface area contributed by atoms with Crippen molar-refractivity contribution in [2.24, 2.45) is 0 Å². The number of nitrogens with one attached hydrogen (secondary N) is 1. The van der Waals surface area contributed by atoms with Crippen LogP contribution in [0.1, 0.15) is 15.2 Å². The van der Waals surface area contributed by atoms with E-state index in [4.69, 9.17) is 0 Å². The number of hydrogen-bond donors (Lipinski definition) is 1. The molecular formula is C15H12N2O5S. The third-order valence-electron chi connectivity index (χ3n) is 2.82. The maximum Gasteiger partial charge on any atom is 0.350 e. The van der Waals surface area contributed by atoms with Crippen molar-refractivity contribution >= 4 is 40.7 Å². The molecule has 0 radical (unpaired) electrons. The first kappa shape index (κ1) is 16.4. The fraction of sp³-hybridized carbons (Fsp3) is 0.0667. The van der Waals surface area contributed by atoms with Gasteiger partial charge >= 0.3 is 5.97 Å². The van der Waals surface area contributed by atoms with Crippen molar-refractivity contribution in [1.29, 1.82) is 0 Å². The van der Waals surface area contributed by atoms with Gasteiger partial charge in [0.15, 0.2) is 0 Å². The van der Waals surface area contributed by atoms with Gasteiger partial charge in [0.1, 0.15) is 4.88 Å². The van der Waals surface area contributed by atoms with Crippen molar-refractivity contribution in [3.63, 3.8) is 0 Å². The molecule has 0 aliphatic carbocycles. The fourth-order valence-electron chi connectivity index (χ4n) is 1.71. The normalized spacial score (nSPS) is 10.5. The topological polar surface area (TPSA) is 98.5 Å². The van der Waals surface area contributed by atoms with Crippen LogP contribution in [-0.4, -0.2) is 23.9 Å². The number of carbonyl (C=O) groups excluding carboxylic acids is 2. The van der Waals surface area contributed by atoms with E-state index in [1.54, 1.807) is 11.4 Å². The highest BCUT2D eigenvalue weighted by molar-refractivity contribution is 7.12. The van der Waals surface area contributed by atoms with Crippen LogP contribution < -0.4 is 5.32 Å². The number of carbonyl (C=O) groups is 2. The second-order valence-corrected chi connectivity index (χ2v) is 5.24. The summed E-state index contributed by atoms with van der Waals surface area (Å²) in [7, 11) is 1.27. The Balaban J connectivity index is 2.03. The number of nitro benzene ring substituents is 1. The lowest BCUT2D eigenvalue weighted by molar-refractivity contribution is -0.384. The van der Waals surface area contributed by atoms with E-state index < -0.39 is 16.8 Å². The van der Waals surface area contributed by atoms with Gasteiger partial charge in [0.05, 0.1) is 17.7 Å². The molecule has 1 N–H and O–H groups in total. The van der Waals surface area contributed by atoms with Crippen molar-refractivity contribution in [2.75, 3.05) is 12.4 Å². The molecule has 1 aromatic carbocycles. The predicted octanol–water partition coefficient (Wildman–Crippen LogP) is 3.09. The number of ether oxygens (including phenoxy) is 1. The quantitative estimate of drug-likeness (QED) is 0.392. The first-order valence-corrected chi connectivity index (χ1v) is 7.28. The maximum absolute atomic E-state index is 11.9. The van der Waals surface area contributed by atoms with E-state index in [0.29, 0.717) is 16.1 Å². The summed E-state index contributed by atoms with van der Waals surface area (Å²) in [5, 5.41) is 14.8. The summed E-state index contributed by atoms with van der Waals surface area (Å²) in [6, 6.07) is 7.38. The third kappa shape index (κ3) is 4.24. The summed E-state index contributed by atoms with van der Waals surface area (Å²) in [5.74, 6) is -0.943. The standard InChI is InChI=1S/C15H12N2O5S/c1-22-15(19)14-12(8-9-23-14)16-13(18)7-4-10-2-5-11(6-3-10)17(20)21/h2-9H,1H3,(H,16,18)/b7-4+. The van der Waals surface area contributed by atoms with E-state index >= 15 is 0 Å². The van der Waals surface area contributed by atoms with E-state index in [-0.39, 0.29) is 5.69 Å². The minimum Gasteiger partial charge on any atom is -0.465 e. The van der Waals surface area contributed by atoms with E-state index in [2.05, 4.69) is 10.1 Å². The summed E-state index contributed by atoms with van der Waals surface area (Å²) < 4.78 is 4.62. The molecule has 2 rings (SSSR count). The molecule has 2 aromatic rings. The molecule has 0 atom stereocenters. The lowest BCUT2D eigenvalue weighted by Crippen LogP contribution is -2.10. The maximum atomic E-state index is 11.9. The molecule has 0 fully saturated rings. The zero-order valence-corrected chi connectivity index (χ0v) is 12.8. The van der Waals surface area contributed by atoms with Gasteiger partial charge in [-0.15, -0.1) is 11.3 Å². The van der Waals surface area contributed by atoms with Crippen LogP contribution in [0, 0.1) is 10.1 Å². The number of rotatable bonds is 5. The van der Waals surface area contributed by atoms with Crippen molar-refractivity contribution in [3.8, 4) is 0 Å². The molecular weight excluding hydrogens is 320 g/mol. The first-order chi connectivity index (χ1) is 11.0. The number of anilines is 1. The molecule has 0 unspecified atom stereocenters. The lowest BCUT2D eigenvalue weighted by Gasteiger charge is -2.02. The second kappa shape index (κ2) is 7.32. The SMILES string of the molecule is COC(=O)c1sccc1NC(=O)/C=C/c1ccc([N+](=O)[O-])cc1. The number of hydrogen-bond acceptors (Lipinski definition) is 6. The van der Waals surface area contributed by atoms with Crippen molar-refractivity contribution in [1.82, 2.24) is 0 Å². The van der Waals surface area contributed by atoms with Gasteiger partial charge in [-0.05, 0) is 35.2 Å². The van der Waals surface area contributed by atoms with Gasteiger partial charge < -0.3 is 10.1 Å². The molecule has 1 heterocycles. The van der Waals surface area contributed by atoms with E-state index in [9.17, 15) is 19.7 Å². The Hall–Kier alpha value is -3.00. The first-order valence-electron chi connectivity index (χ1n) is 6.40. The summed E-state index contributed by atoms with van der Waals surface area (Å²) in [6.45, 7) is 0. The number of amides is 1. The lowest BCUT2D eigenvalue weighted by atomic mass is 10.2. The van der Waals surface area contributed by atoms with Crippen LogP contribution in [0.5, 0.6) is 0 Å². The second-order valence-electron chi connectivity index (χ2n) is 4.33. The van der Waals surface area contributed by atoms with Crippen LogP contribution in [0.4, 0.5) is 11.4 Å². The summed E-state index contributed by atoms with van der Waals surface area (Å²) in [4.78, 5) is 33.7. The molecule has 0 bridgehead atoms. The predicted molar refractivity (Wildman–Crippen MR) is 86.4 cm³/mol. The zero-order valence-electron chi connectivity index (χ0n) is 12.0. The molecule has 23 heavy (non-hydrogen) atoms. The largest absolute Gasteiger partial charge is 0.465 e. The molecule has 0 aliphatic heterocycles. The Morgan fingerprint density at radius 2 is 1.96 bits per heavy atom. The molecule has 1 aromatic heterocycles. The Morgan fingerprint density at radius 3 is 2.57 bits per heavy atom. The number of thiophene rings is 1. The zero-order chi connectivity index (χ0) is 16.8. The number of esters is 1. The van der Waals surface area contributed by atoms with Gasteiger partial charge in [-0.25, -0.2) is 4.79 Å². The minimum atomic E-state index is -0.519. The van der Waals surface area contributed by atoms with Crippen LogP contribution in [0.15, 0.2) is 41.8 Å². The van der Waals surface area contributed by atoms with Crippen molar-refractivity contribution in [2.45, 2.75) is 0 Å². The number of nitrogens with zero attached hydrogens (tertiary/aromatic N) is 1. The molecule has 0 saturated heterocycles.